The van der Waals surface area contributed by atoms with Gasteiger partial charge < -0.3 is 10.6 Å². The molecule has 0 amide bonds. The van der Waals surface area contributed by atoms with Gasteiger partial charge in [0.05, 0.1) is 6.20 Å². The number of thiophene rings is 1. The van der Waals surface area contributed by atoms with Crippen molar-refractivity contribution >= 4 is 17.3 Å². The van der Waals surface area contributed by atoms with Crippen LogP contribution in [0.15, 0.2) is 28.0 Å². The molecule has 0 spiro atoms. The predicted molar refractivity (Wildman–Crippen MR) is 74.7 cm³/mol. The third kappa shape index (κ3) is 3.33. The number of aryl methyl sites for hydroxylation is 1. The molecular formula is C12H17N5S. The molecule has 3 N–H and O–H groups in total. The van der Waals surface area contributed by atoms with E-state index in [1.807, 2.05) is 13.1 Å². The molecule has 0 radical (unpaired) electrons. The monoisotopic (exact) mass is 263 g/mol. The lowest BCUT2D eigenvalue weighted by Gasteiger charge is -2.10. The number of H-pyrrole nitrogens is 1. The molecule has 96 valence electrons. The number of rotatable bonds is 4. The van der Waals surface area contributed by atoms with Crippen LogP contribution in [-0.2, 0) is 13.1 Å². The van der Waals surface area contributed by atoms with Crippen molar-refractivity contribution in [1.29, 1.82) is 0 Å². The fraction of sp³-hybridized carbons (Fsp3) is 0.333. The molecule has 0 saturated heterocycles. The number of guanidine groups is 1. The van der Waals surface area contributed by atoms with E-state index >= 15 is 0 Å². The van der Waals surface area contributed by atoms with Crippen molar-refractivity contribution in [3.63, 3.8) is 0 Å². The molecule has 0 atom stereocenters. The Balaban J connectivity index is 1.81. The van der Waals surface area contributed by atoms with Gasteiger partial charge >= 0.3 is 0 Å². The summed E-state index contributed by atoms with van der Waals surface area (Å²) in [6.45, 7) is 3.50. The van der Waals surface area contributed by atoms with Crippen LogP contribution in [0.3, 0.4) is 0 Å². The highest BCUT2D eigenvalue weighted by molar-refractivity contribution is 7.07. The van der Waals surface area contributed by atoms with E-state index in [0.29, 0.717) is 6.54 Å². The van der Waals surface area contributed by atoms with Crippen LogP contribution in [0.4, 0.5) is 0 Å². The molecule has 2 aromatic heterocycles. The lowest BCUT2D eigenvalue weighted by Crippen LogP contribution is -2.36. The highest BCUT2D eigenvalue weighted by Crippen LogP contribution is 2.05. The Bertz CT molecular complexity index is 500. The summed E-state index contributed by atoms with van der Waals surface area (Å²) in [6, 6.07) is 2.10. The maximum absolute atomic E-state index is 4.18. The van der Waals surface area contributed by atoms with Gasteiger partial charge in [0.25, 0.3) is 0 Å². The molecule has 2 rings (SSSR count). The Hall–Kier alpha value is -1.82. The zero-order valence-electron chi connectivity index (χ0n) is 10.5. The van der Waals surface area contributed by atoms with Gasteiger partial charge in [0.2, 0.25) is 0 Å². The first-order valence-electron chi connectivity index (χ1n) is 5.74. The smallest absolute Gasteiger partial charge is 0.191 e. The van der Waals surface area contributed by atoms with Crippen LogP contribution < -0.4 is 10.6 Å². The average molecular weight is 263 g/mol. The average Bonchev–Trinajstić information content (AvgIpc) is 3.01. The molecule has 2 aromatic rings. The number of nitrogens with one attached hydrogen (secondary N) is 3. The Kier molecular flexibility index (Phi) is 4.35. The van der Waals surface area contributed by atoms with Gasteiger partial charge in [0.1, 0.15) is 0 Å². The van der Waals surface area contributed by atoms with Crippen molar-refractivity contribution in [2.75, 3.05) is 7.05 Å². The SMILES string of the molecule is CN=C(NCc1ccsc1)NCc1cn[nH]c1C. The van der Waals surface area contributed by atoms with Gasteiger partial charge in [-0.05, 0) is 29.3 Å². The molecular weight excluding hydrogens is 246 g/mol. The molecule has 5 nitrogen and oxygen atoms in total. The molecule has 6 heteroatoms. The van der Waals surface area contributed by atoms with E-state index in [4.69, 9.17) is 0 Å². The normalized spacial score (nSPS) is 11.6. The van der Waals surface area contributed by atoms with Crippen molar-refractivity contribution in [3.8, 4) is 0 Å². The summed E-state index contributed by atoms with van der Waals surface area (Å²) < 4.78 is 0. The molecule has 0 saturated carbocycles. The van der Waals surface area contributed by atoms with E-state index < -0.39 is 0 Å². The third-order valence-electron chi connectivity index (χ3n) is 2.64. The van der Waals surface area contributed by atoms with E-state index in [1.165, 1.54) is 5.56 Å². The summed E-state index contributed by atoms with van der Waals surface area (Å²) in [6.07, 6.45) is 1.83. The number of nitrogens with zero attached hydrogens (tertiary/aromatic N) is 2. The Labute approximate surface area is 110 Å². The number of aromatic amines is 1. The molecule has 0 unspecified atom stereocenters. The number of hydrogen-bond donors (Lipinski definition) is 3. The van der Waals surface area contributed by atoms with Gasteiger partial charge in [0.15, 0.2) is 5.96 Å². The molecule has 0 aliphatic heterocycles. The van der Waals surface area contributed by atoms with Gasteiger partial charge in [-0.1, -0.05) is 0 Å². The maximum atomic E-state index is 4.18. The fourth-order valence-corrected chi connectivity index (χ4v) is 2.20. The first-order chi connectivity index (χ1) is 8.79. The predicted octanol–water partition coefficient (Wildman–Crippen LogP) is 1.64. The van der Waals surface area contributed by atoms with Crippen molar-refractivity contribution < 1.29 is 0 Å². The standard InChI is InChI=1S/C12H17N5S/c1-9-11(7-16-17-9)6-15-12(13-2)14-5-10-3-4-18-8-10/h3-4,7-8H,5-6H2,1-2H3,(H,16,17)(H2,13,14,15). The van der Waals surface area contributed by atoms with Crippen LogP contribution in [0, 0.1) is 6.92 Å². The van der Waals surface area contributed by atoms with Crippen LogP contribution >= 0.6 is 11.3 Å². The van der Waals surface area contributed by atoms with Crippen LogP contribution in [0.2, 0.25) is 0 Å². The molecule has 0 aliphatic carbocycles. The van der Waals surface area contributed by atoms with Crippen molar-refractivity contribution in [2.24, 2.45) is 4.99 Å². The molecule has 18 heavy (non-hydrogen) atoms. The van der Waals surface area contributed by atoms with Gasteiger partial charge in [-0.15, -0.1) is 0 Å². The first kappa shape index (κ1) is 12.6. The molecule has 0 fully saturated rings. The molecule has 0 aromatic carbocycles. The van der Waals surface area contributed by atoms with Crippen LogP contribution in [0.25, 0.3) is 0 Å². The van der Waals surface area contributed by atoms with Crippen molar-refractivity contribution in [1.82, 2.24) is 20.8 Å². The quantitative estimate of drug-likeness (QED) is 0.580. The zero-order valence-corrected chi connectivity index (χ0v) is 11.3. The van der Waals surface area contributed by atoms with Crippen molar-refractivity contribution in [3.05, 3.63) is 39.8 Å². The second-order valence-corrected chi connectivity index (χ2v) is 4.71. The Morgan fingerprint density at radius 2 is 2.28 bits per heavy atom. The van der Waals surface area contributed by atoms with E-state index in [0.717, 1.165) is 23.8 Å². The summed E-state index contributed by atoms with van der Waals surface area (Å²) in [4.78, 5) is 4.18. The lowest BCUT2D eigenvalue weighted by molar-refractivity contribution is 0.808. The second kappa shape index (κ2) is 6.20. The summed E-state index contributed by atoms with van der Waals surface area (Å²) in [7, 11) is 1.77. The Morgan fingerprint density at radius 3 is 2.89 bits per heavy atom. The minimum atomic E-state index is 0.714. The van der Waals surface area contributed by atoms with E-state index in [1.54, 1.807) is 18.4 Å². The fourth-order valence-electron chi connectivity index (χ4n) is 1.53. The minimum Gasteiger partial charge on any atom is -0.352 e. The minimum absolute atomic E-state index is 0.714. The number of aromatic nitrogens is 2. The third-order valence-corrected chi connectivity index (χ3v) is 3.38. The van der Waals surface area contributed by atoms with Gasteiger partial charge in [-0.25, -0.2) is 0 Å². The number of aliphatic imine (C=N–C) groups is 1. The molecule has 0 bridgehead atoms. The molecule has 2 heterocycles. The van der Waals surface area contributed by atoms with Crippen molar-refractivity contribution in [2.45, 2.75) is 20.0 Å². The second-order valence-electron chi connectivity index (χ2n) is 3.93. The summed E-state index contributed by atoms with van der Waals surface area (Å²) in [5, 5.41) is 17.6. The summed E-state index contributed by atoms with van der Waals surface area (Å²) in [5.74, 6) is 0.793. The van der Waals surface area contributed by atoms with Gasteiger partial charge in [-0.3, -0.25) is 10.1 Å². The van der Waals surface area contributed by atoms with Gasteiger partial charge in [0, 0.05) is 31.4 Å². The highest BCUT2D eigenvalue weighted by Gasteiger charge is 2.02. The van der Waals surface area contributed by atoms with Crippen LogP contribution in [0.5, 0.6) is 0 Å². The van der Waals surface area contributed by atoms with E-state index in [2.05, 4.69) is 42.6 Å². The number of hydrogen-bond acceptors (Lipinski definition) is 3. The largest absolute Gasteiger partial charge is 0.352 e. The summed E-state index contributed by atoms with van der Waals surface area (Å²) >= 11 is 1.70. The topological polar surface area (TPSA) is 65.1 Å². The van der Waals surface area contributed by atoms with E-state index in [-0.39, 0.29) is 0 Å². The van der Waals surface area contributed by atoms with Crippen LogP contribution in [0.1, 0.15) is 16.8 Å². The lowest BCUT2D eigenvalue weighted by atomic mass is 10.3. The van der Waals surface area contributed by atoms with E-state index in [9.17, 15) is 0 Å². The first-order valence-corrected chi connectivity index (χ1v) is 6.68. The van der Waals surface area contributed by atoms with Crippen LogP contribution in [-0.4, -0.2) is 23.2 Å². The van der Waals surface area contributed by atoms with Gasteiger partial charge in [-0.2, -0.15) is 16.4 Å². The maximum Gasteiger partial charge on any atom is 0.191 e. The zero-order chi connectivity index (χ0) is 12.8. The highest BCUT2D eigenvalue weighted by atomic mass is 32.1. The Morgan fingerprint density at radius 1 is 1.44 bits per heavy atom. The summed E-state index contributed by atoms with van der Waals surface area (Å²) in [5.41, 5.74) is 3.49. The molecule has 0 aliphatic rings.